The summed E-state index contributed by atoms with van der Waals surface area (Å²) in [6.07, 6.45) is 0. The second-order valence-corrected chi connectivity index (χ2v) is 4.82. The van der Waals surface area contributed by atoms with Gasteiger partial charge in [-0.1, -0.05) is 0 Å². The fraction of sp³-hybridized carbons (Fsp3) is 0.571. The van der Waals surface area contributed by atoms with Gasteiger partial charge >= 0.3 is 0 Å². The van der Waals surface area contributed by atoms with E-state index in [0.29, 0.717) is 6.61 Å². The Kier molecular flexibility index (Phi) is 5.44. The third kappa shape index (κ3) is 4.70. The summed E-state index contributed by atoms with van der Waals surface area (Å²) in [5.74, 6) is 0.869. The van der Waals surface area contributed by atoms with Crippen LogP contribution in [0.15, 0.2) is 24.3 Å². The van der Waals surface area contributed by atoms with Crippen LogP contribution >= 0.6 is 0 Å². The van der Waals surface area contributed by atoms with E-state index in [1.54, 1.807) is 0 Å². The molecule has 0 saturated carbocycles. The van der Waals surface area contributed by atoms with E-state index in [1.807, 2.05) is 24.3 Å². The van der Waals surface area contributed by atoms with Gasteiger partial charge in [0, 0.05) is 45.0 Å². The average Bonchev–Trinajstić information content (AvgIpc) is 2.43. The van der Waals surface area contributed by atoms with Gasteiger partial charge in [-0.3, -0.25) is 9.80 Å². The van der Waals surface area contributed by atoms with Crippen molar-refractivity contribution in [2.24, 2.45) is 0 Å². The van der Waals surface area contributed by atoms with Crippen LogP contribution in [0.25, 0.3) is 0 Å². The Morgan fingerprint density at radius 1 is 1.00 bits per heavy atom. The molecule has 0 aliphatic carbocycles. The van der Waals surface area contributed by atoms with E-state index in [9.17, 15) is 0 Å². The number of nitrogens with zero attached hydrogens (tertiary/aromatic N) is 2. The minimum absolute atomic E-state index is 0.250. The second kappa shape index (κ2) is 7.33. The van der Waals surface area contributed by atoms with E-state index in [4.69, 9.17) is 15.6 Å². The molecule has 1 aliphatic rings. The van der Waals surface area contributed by atoms with Gasteiger partial charge in [0.1, 0.15) is 12.4 Å². The Balaban J connectivity index is 1.63. The quantitative estimate of drug-likeness (QED) is 0.722. The zero-order chi connectivity index (χ0) is 13.5. The molecule has 1 saturated heterocycles. The van der Waals surface area contributed by atoms with Gasteiger partial charge in [0.25, 0.3) is 0 Å². The van der Waals surface area contributed by atoms with Crippen LogP contribution < -0.4 is 10.5 Å². The molecule has 1 fully saturated rings. The van der Waals surface area contributed by atoms with Crippen LogP contribution in [0.1, 0.15) is 0 Å². The minimum Gasteiger partial charge on any atom is -0.492 e. The van der Waals surface area contributed by atoms with E-state index >= 15 is 0 Å². The van der Waals surface area contributed by atoms with Crippen molar-refractivity contribution in [3.63, 3.8) is 0 Å². The lowest BCUT2D eigenvalue weighted by Gasteiger charge is -2.34. The molecule has 0 aromatic heterocycles. The highest BCUT2D eigenvalue weighted by Gasteiger charge is 2.15. The second-order valence-electron chi connectivity index (χ2n) is 4.82. The maximum absolute atomic E-state index is 8.89. The number of β-amino-alcohol motifs (C(OH)–C–C–N with tert-alkyl or cyclic N) is 1. The summed E-state index contributed by atoms with van der Waals surface area (Å²) < 4.78 is 5.69. The van der Waals surface area contributed by atoms with Gasteiger partial charge in [0.2, 0.25) is 0 Å². The molecule has 106 valence electrons. The van der Waals surface area contributed by atoms with Crippen LogP contribution in [0.5, 0.6) is 5.75 Å². The largest absolute Gasteiger partial charge is 0.492 e. The van der Waals surface area contributed by atoms with Crippen molar-refractivity contribution in [3.05, 3.63) is 24.3 Å². The standard InChI is InChI=1S/C14H23N3O2/c15-13-1-3-14(4-2-13)19-12-10-17-7-5-16(6-8-17)9-11-18/h1-4,18H,5-12,15H2. The Labute approximate surface area is 114 Å². The first-order chi connectivity index (χ1) is 9.28. The van der Waals surface area contributed by atoms with E-state index < -0.39 is 0 Å². The number of hydrogen-bond donors (Lipinski definition) is 2. The number of piperazine rings is 1. The summed E-state index contributed by atoms with van der Waals surface area (Å²) in [6.45, 7) is 6.83. The fourth-order valence-electron chi connectivity index (χ4n) is 2.23. The van der Waals surface area contributed by atoms with Gasteiger partial charge in [0.05, 0.1) is 6.61 Å². The highest BCUT2D eigenvalue weighted by molar-refractivity contribution is 5.41. The molecule has 5 heteroatoms. The van der Waals surface area contributed by atoms with Crippen LogP contribution in [0.4, 0.5) is 5.69 Å². The maximum Gasteiger partial charge on any atom is 0.119 e. The number of anilines is 1. The molecule has 0 unspecified atom stereocenters. The summed E-state index contributed by atoms with van der Waals surface area (Å²) >= 11 is 0. The summed E-state index contributed by atoms with van der Waals surface area (Å²) in [4.78, 5) is 4.68. The first-order valence-corrected chi connectivity index (χ1v) is 6.82. The van der Waals surface area contributed by atoms with Crippen molar-refractivity contribution < 1.29 is 9.84 Å². The topological polar surface area (TPSA) is 62.0 Å². The number of aliphatic hydroxyl groups excluding tert-OH is 1. The van der Waals surface area contributed by atoms with Gasteiger partial charge in [-0.2, -0.15) is 0 Å². The maximum atomic E-state index is 8.89. The predicted octanol–water partition coefficient (Wildman–Crippen LogP) is 0.258. The van der Waals surface area contributed by atoms with Crippen molar-refractivity contribution in [2.45, 2.75) is 0 Å². The molecular formula is C14H23N3O2. The zero-order valence-electron chi connectivity index (χ0n) is 11.3. The van der Waals surface area contributed by atoms with Crippen molar-refractivity contribution in [1.82, 2.24) is 9.80 Å². The van der Waals surface area contributed by atoms with Crippen molar-refractivity contribution in [2.75, 3.05) is 58.2 Å². The van der Waals surface area contributed by atoms with E-state index in [1.165, 1.54) is 0 Å². The number of ether oxygens (including phenoxy) is 1. The number of hydrogen-bond acceptors (Lipinski definition) is 5. The van der Waals surface area contributed by atoms with Crippen LogP contribution in [0.2, 0.25) is 0 Å². The van der Waals surface area contributed by atoms with Gasteiger partial charge < -0.3 is 15.6 Å². The normalized spacial score (nSPS) is 17.5. The zero-order valence-corrected chi connectivity index (χ0v) is 11.3. The summed E-state index contributed by atoms with van der Waals surface area (Å²) in [5, 5.41) is 8.89. The number of benzene rings is 1. The Hall–Kier alpha value is -1.30. The van der Waals surface area contributed by atoms with Gasteiger partial charge in [-0.15, -0.1) is 0 Å². The van der Waals surface area contributed by atoms with Gasteiger partial charge in [-0.25, -0.2) is 0 Å². The molecule has 0 spiro atoms. The molecule has 0 amide bonds. The molecule has 5 nitrogen and oxygen atoms in total. The number of aliphatic hydroxyl groups is 1. The molecule has 3 N–H and O–H groups in total. The molecule has 1 aromatic carbocycles. The van der Waals surface area contributed by atoms with Gasteiger partial charge in [0.15, 0.2) is 0 Å². The Bertz CT molecular complexity index is 361. The number of nitrogen functional groups attached to an aromatic ring is 1. The van der Waals surface area contributed by atoms with E-state index in [2.05, 4.69) is 9.80 Å². The summed E-state index contributed by atoms with van der Waals surface area (Å²) in [7, 11) is 0. The smallest absolute Gasteiger partial charge is 0.119 e. The molecule has 1 heterocycles. The molecule has 0 bridgehead atoms. The molecule has 0 atom stereocenters. The number of rotatable bonds is 6. The van der Waals surface area contributed by atoms with Crippen molar-refractivity contribution >= 4 is 5.69 Å². The lowest BCUT2D eigenvalue weighted by Crippen LogP contribution is -2.48. The van der Waals surface area contributed by atoms with Crippen LogP contribution in [-0.2, 0) is 0 Å². The molecule has 19 heavy (non-hydrogen) atoms. The molecular weight excluding hydrogens is 242 g/mol. The summed E-state index contributed by atoms with van der Waals surface area (Å²) in [5.41, 5.74) is 6.38. The van der Waals surface area contributed by atoms with Gasteiger partial charge in [-0.05, 0) is 24.3 Å². The Morgan fingerprint density at radius 3 is 2.16 bits per heavy atom. The molecule has 1 aromatic rings. The molecule has 1 aliphatic heterocycles. The lowest BCUT2D eigenvalue weighted by molar-refractivity contribution is 0.102. The highest BCUT2D eigenvalue weighted by atomic mass is 16.5. The third-order valence-electron chi connectivity index (χ3n) is 3.44. The van der Waals surface area contributed by atoms with E-state index in [-0.39, 0.29) is 6.61 Å². The first-order valence-electron chi connectivity index (χ1n) is 6.82. The van der Waals surface area contributed by atoms with Crippen LogP contribution in [0, 0.1) is 0 Å². The van der Waals surface area contributed by atoms with Crippen LogP contribution in [-0.4, -0.2) is 67.4 Å². The Morgan fingerprint density at radius 2 is 1.58 bits per heavy atom. The summed E-state index contributed by atoms with van der Waals surface area (Å²) in [6, 6.07) is 7.50. The third-order valence-corrected chi connectivity index (χ3v) is 3.44. The fourth-order valence-corrected chi connectivity index (χ4v) is 2.23. The van der Waals surface area contributed by atoms with Crippen molar-refractivity contribution in [1.29, 1.82) is 0 Å². The average molecular weight is 265 g/mol. The SMILES string of the molecule is Nc1ccc(OCCN2CCN(CCO)CC2)cc1. The molecule has 2 rings (SSSR count). The first kappa shape index (κ1) is 14.1. The highest BCUT2D eigenvalue weighted by Crippen LogP contribution is 2.13. The monoisotopic (exact) mass is 265 g/mol. The van der Waals surface area contributed by atoms with Crippen molar-refractivity contribution in [3.8, 4) is 5.75 Å². The lowest BCUT2D eigenvalue weighted by atomic mass is 10.3. The number of nitrogens with two attached hydrogens (primary N) is 1. The predicted molar refractivity (Wildman–Crippen MR) is 76.3 cm³/mol. The molecule has 0 radical (unpaired) electrons. The van der Waals surface area contributed by atoms with E-state index in [0.717, 1.165) is 50.7 Å². The van der Waals surface area contributed by atoms with Crippen LogP contribution in [0.3, 0.4) is 0 Å². The minimum atomic E-state index is 0.250.